The van der Waals surface area contributed by atoms with Crippen LogP contribution in [0.4, 0.5) is 18.9 Å². The van der Waals surface area contributed by atoms with E-state index in [0.29, 0.717) is 20.2 Å². The van der Waals surface area contributed by atoms with E-state index in [9.17, 15) is 13.2 Å². The molecule has 2 rings (SSSR count). The molecule has 6 heteroatoms. The van der Waals surface area contributed by atoms with Crippen molar-refractivity contribution in [2.24, 2.45) is 0 Å². The van der Waals surface area contributed by atoms with Crippen LogP contribution in [0.5, 0.6) is 0 Å². The highest BCUT2D eigenvalue weighted by atomic mass is 127. The van der Waals surface area contributed by atoms with Crippen LogP contribution in [0.3, 0.4) is 0 Å². The Labute approximate surface area is 109 Å². The van der Waals surface area contributed by atoms with Crippen LogP contribution in [-0.2, 0) is 6.18 Å². The molecule has 0 radical (unpaired) electrons. The predicted molar refractivity (Wildman–Crippen MR) is 68.6 cm³/mol. The van der Waals surface area contributed by atoms with E-state index in [1.165, 1.54) is 6.07 Å². The Kier molecular flexibility index (Phi) is 2.92. The highest BCUT2D eigenvalue weighted by Crippen LogP contribution is 2.34. The zero-order valence-corrected chi connectivity index (χ0v) is 10.9. The summed E-state index contributed by atoms with van der Waals surface area (Å²) in [7, 11) is 0. The van der Waals surface area contributed by atoms with Gasteiger partial charge in [-0.15, -0.1) is 0 Å². The number of rotatable bonds is 0. The van der Waals surface area contributed by atoms with Crippen LogP contribution in [0.2, 0.25) is 0 Å². The Bertz CT molecular complexity index is 593. The van der Waals surface area contributed by atoms with Crippen molar-refractivity contribution in [2.45, 2.75) is 13.1 Å². The summed E-state index contributed by atoms with van der Waals surface area (Å²) in [6.45, 7) is 1.77. The number of anilines is 1. The van der Waals surface area contributed by atoms with Crippen molar-refractivity contribution in [3.05, 3.63) is 33.0 Å². The van der Waals surface area contributed by atoms with Crippen LogP contribution in [-0.4, -0.2) is 4.98 Å². The number of pyridine rings is 1. The van der Waals surface area contributed by atoms with Crippen molar-refractivity contribution in [3.8, 4) is 0 Å². The van der Waals surface area contributed by atoms with E-state index in [2.05, 4.69) is 4.98 Å². The van der Waals surface area contributed by atoms with Crippen molar-refractivity contribution >= 4 is 39.2 Å². The summed E-state index contributed by atoms with van der Waals surface area (Å²) in [6.07, 6.45) is -4.36. The molecule has 0 aliphatic heterocycles. The first-order chi connectivity index (χ1) is 7.80. The molecule has 90 valence electrons. The lowest BCUT2D eigenvalue weighted by Gasteiger charge is -2.10. The van der Waals surface area contributed by atoms with E-state index < -0.39 is 11.7 Å². The van der Waals surface area contributed by atoms with E-state index in [-0.39, 0.29) is 0 Å². The first-order valence-electron chi connectivity index (χ1n) is 4.73. The summed E-state index contributed by atoms with van der Waals surface area (Å²) in [5.41, 5.74) is 6.65. The van der Waals surface area contributed by atoms with E-state index in [0.717, 1.165) is 17.8 Å². The van der Waals surface area contributed by atoms with E-state index in [4.69, 9.17) is 5.73 Å². The molecule has 0 fully saturated rings. The van der Waals surface area contributed by atoms with Gasteiger partial charge in [0.15, 0.2) is 0 Å². The second kappa shape index (κ2) is 4.01. The zero-order valence-electron chi connectivity index (χ0n) is 8.77. The van der Waals surface area contributed by atoms with Crippen LogP contribution < -0.4 is 5.73 Å². The zero-order chi connectivity index (χ0) is 12.8. The standard InChI is InChI=1S/C11H8F3IN2/c1-5-9(15)10(16)7-4-6(11(12,13)14)2-3-8(7)17-5/h2-4H,1H3,(H2,16,17). The Balaban J connectivity index is 2.78. The lowest BCUT2D eigenvalue weighted by molar-refractivity contribution is -0.137. The maximum atomic E-state index is 12.6. The van der Waals surface area contributed by atoms with Crippen molar-refractivity contribution in [2.75, 3.05) is 5.73 Å². The van der Waals surface area contributed by atoms with Gasteiger partial charge in [0.25, 0.3) is 0 Å². The van der Waals surface area contributed by atoms with Crippen molar-refractivity contribution in [1.29, 1.82) is 0 Å². The van der Waals surface area contributed by atoms with Gasteiger partial charge in [0.1, 0.15) is 0 Å². The predicted octanol–water partition coefficient (Wildman–Crippen LogP) is 3.75. The second-order valence-corrected chi connectivity index (χ2v) is 4.73. The maximum Gasteiger partial charge on any atom is 0.416 e. The monoisotopic (exact) mass is 352 g/mol. The summed E-state index contributed by atoms with van der Waals surface area (Å²) in [5.74, 6) is 0. The van der Waals surface area contributed by atoms with Gasteiger partial charge >= 0.3 is 6.18 Å². The molecule has 0 bridgehead atoms. The fourth-order valence-corrected chi connectivity index (χ4v) is 1.98. The largest absolute Gasteiger partial charge is 0.416 e. The molecule has 2 N–H and O–H groups in total. The fraction of sp³-hybridized carbons (Fsp3) is 0.182. The number of alkyl halides is 3. The summed E-state index contributed by atoms with van der Waals surface area (Å²) < 4.78 is 38.4. The minimum atomic E-state index is -4.36. The molecule has 0 aliphatic carbocycles. The Morgan fingerprint density at radius 2 is 1.94 bits per heavy atom. The molecule has 0 spiro atoms. The number of nitrogens with zero attached hydrogens (tertiary/aromatic N) is 1. The number of nitrogen functional groups attached to an aromatic ring is 1. The number of fused-ring (bicyclic) bond motifs is 1. The van der Waals surface area contributed by atoms with E-state index in [1.54, 1.807) is 6.92 Å². The number of halogens is 4. The third-order valence-corrected chi connectivity index (χ3v) is 3.82. The first kappa shape index (κ1) is 12.4. The molecule has 0 unspecified atom stereocenters. The number of benzene rings is 1. The fourth-order valence-electron chi connectivity index (χ4n) is 1.57. The van der Waals surface area contributed by atoms with Gasteiger partial charge in [-0.3, -0.25) is 4.98 Å². The Morgan fingerprint density at radius 3 is 2.53 bits per heavy atom. The van der Waals surface area contributed by atoms with Crippen LogP contribution in [0, 0.1) is 10.5 Å². The average Bonchev–Trinajstić information content (AvgIpc) is 2.24. The number of aryl methyl sites for hydroxylation is 1. The quantitative estimate of drug-likeness (QED) is 0.734. The van der Waals surface area contributed by atoms with Crippen LogP contribution >= 0.6 is 22.6 Å². The Hall–Kier alpha value is -1.05. The van der Waals surface area contributed by atoms with Gasteiger partial charge in [0.2, 0.25) is 0 Å². The molecule has 1 heterocycles. The SMILES string of the molecule is Cc1nc2ccc(C(F)(F)F)cc2c(N)c1I. The summed E-state index contributed by atoms with van der Waals surface area (Å²) >= 11 is 1.98. The van der Waals surface area contributed by atoms with Crippen LogP contribution in [0.25, 0.3) is 10.9 Å². The normalized spacial score (nSPS) is 12.1. The smallest absolute Gasteiger partial charge is 0.397 e. The number of aromatic nitrogens is 1. The topological polar surface area (TPSA) is 38.9 Å². The lowest BCUT2D eigenvalue weighted by atomic mass is 10.1. The van der Waals surface area contributed by atoms with Gasteiger partial charge in [-0.1, -0.05) is 0 Å². The molecule has 0 atom stereocenters. The minimum absolute atomic E-state index is 0.342. The molecule has 0 saturated carbocycles. The third kappa shape index (κ3) is 2.18. The van der Waals surface area contributed by atoms with Gasteiger partial charge in [-0.05, 0) is 47.7 Å². The van der Waals surface area contributed by atoms with Crippen molar-refractivity contribution < 1.29 is 13.2 Å². The van der Waals surface area contributed by atoms with Gasteiger partial charge in [-0.25, -0.2) is 0 Å². The van der Waals surface area contributed by atoms with Gasteiger partial charge in [-0.2, -0.15) is 13.2 Å². The molecule has 2 aromatic rings. The van der Waals surface area contributed by atoms with Crippen LogP contribution in [0.1, 0.15) is 11.3 Å². The van der Waals surface area contributed by atoms with Crippen molar-refractivity contribution in [1.82, 2.24) is 4.98 Å². The maximum absolute atomic E-state index is 12.6. The molecule has 0 aliphatic rings. The number of hydrogen-bond acceptors (Lipinski definition) is 2. The molecular weight excluding hydrogens is 344 g/mol. The molecule has 1 aromatic carbocycles. The van der Waals surface area contributed by atoms with Gasteiger partial charge in [0.05, 0.1) is 26.0 Å². The molecule has 2 nitrogen and oxygen atoms in total. The molecular formula is C11H8F3IN2. The van der Waals surface area contributed by atoms with Gasteiger partial charge < -0.3 is 5.73 Å². The Morgan fingerprint density at radius 1 is 1.29 bits per heavy atom. The third-order valence-electron chi connectivity index (χ3n) is 2.46. The minimum Gasteiger partial charge on any atom is -0.397 e. The highest BCUT2D eigenvalue weighted by Gasteiger charge is 2.30. The number of hydrogen-bond donors (Lipinski definition) is 1. The van der Waals surface area contributed by atoms with E-state index >= 15 is 0 Å². The average molecular weight is 352 g/mol. The molecule has 17 heavy (non-hydrogen) atoms. The number of nitrogens with two attached hydrogens (primary N) is 1. The summed E-state index contributed by atoms with van der Waals surface area (Å²) in [4.78, 5) is 4.20. The van der Waals surface area contributed by atoms with E-state index in [1.807, 2.05) is 22.6 Å². The highest BCUT2D eigenvalue weighted by molar-refractivity contribution is 14.1. The van der Waals surface area contributed by atoms with Crippen molar-refractivity contribution in [3.63, 3.8) is 0 Å². The van der Waals surface area contributed by atoms with Crippen LogP contribution in [0.15, 0.2) is 18.2 Å². The molecule has 0 amide bonds. The van der Waals surface area contributed by atoms with Gasteiger partial charge in [0, 0.05) is 5.39 Å². The summed E-state index contributed by atoms with van der Waals surface area (Å²) in [6, 6.07) is 3.40. The molecule has 1 aromatic heterocycles. The first-order valence-corrected chi connectivity index (χ1v) is 5.81. The lowest BCUT2D eigenvalue weighted by Crippen LogP contribution is -2.05. The second-order valence-electron chi connectivity index (χ2n) is 3.65. The molecule has 0 saturated heterocycles. The summed E-state index contributed by atoms with van der Waals surface area (Å²) in [5, 5.41) is 0.342.